The van der Waals surface area contributed by atoms with Crippen LogP contribution in [0.2, 0.25) is 0 Å². The first-order valence-corrected chi connectivity index (χ1v) is 6.84. The molecule has 0 aliphatic carbocycles. The Bertz CT molecular complexity index is 340. The van der Waals surface area contributed by atoms with Crippen molar-refractivity contribution in [3.8, 4) is 0 Å². The van der Waals surface area contributed by atoms with Gasteiger partial charge < -0.3 is 0 Å². The molecule has 0 saturated heterocycles. The maximum atomic E-state index is 11.8. The highest BCUT2D eigenvalue weighted by molar-refractivity contribution is 8.17. The zero-order chi connectivity index (χ0) is 11.4. The van der Waals surface area contributed by atoms with E-state index in [9.17, 15) is 8.42 Å². The van der Waals surface area contributed by atoms with E-state index in [0.717, 1.165) is 5.57 Å². The van der Waals surface area contributed by atoms with Gasteiger partial charge in [0.05, 0.1) is 0 Å². The first-order valence-electron chi connectivity index (χ1n) is 4.18. The zero-order valence-corrected chi connectivity index (χ0v) is 10.9. The third-order valence-electron chi connectivity index (χ3n) is 1.64. The fraction of sp³-hybridized carbons (Fsp3) is 0.556. The predicted octanol–water partition coefficient (Wildman–Crippen LogP) is 2.05. The van der Waals surface area contributed by atoms with Crippen molar-refractivity contribution in [2.45, 2.75) is 13.8 Å². The number of hydrogen-bond acceptors (Lipinski definition) is 3. The van der Waals surface area contributed by atoms with Crippen LogP contribution in [-0.4, -0.2) is 33.1 Å². The van der Waals surface area contributed by atoms with Crippen LogP contribution < -0.4 is 0 Å². The van der Waals surface area contributed by atoms with Crippen molar-refractivity contribution in [3.63, 3.8) is 0 Å². The van der Waals surface area contributed by atoms with Crippen molar-refractivity contribution in [2.24, 2.45) is 0 Å². The summed E-state index contributed by atoms with van der Waals surface area (Å²) in [5.41, 5.74) is 0.772. The molecule has 5 heteroatoms. The van der Waals surface area contributed by atoms with Crippen molar-refractivity contribution in [2.75, 3.05) is 20.4 Å². The molecule has 0 heterocycles. The van der Waals surface area contributed by atoms with Gasteiger partial charge in [-0.05, 0) is 25.7 Å². The summed E-state index contributed by atoms with van der Waals surface area (Å²) in [6.45, 7) is 3.66. The van der Waals surface area contributed by atoms with Gasteiger partial charge in [0.15, 0.2) is 0 Å². The van der Waals surface area contributed by atoms with E-state index in [2.05, 4.69) is 0 Å². The van der Waals surface area contributed by atoms with E-state index in [1.165, 1.54) is 30.2 Å². The van der Waals surface area contributed by atoms with Gasteiger partial charge in [-0.1, -0.05) is 12.2 Å². The van der Waals surface area contributed by atoms with Crippen LogP contribution in [0.5, 0.6) is 0 Å². The van der Waals surface area contributed by atoms with E-state index < -0.39 is 10.0 Å². The van der Waals surface area contributed by atoms with E-state index in [1.54, 1.807) is 19.3 Å². The Kier molecular flexibility index (Phi) is 5.48. The summed E-state index contributed by atoms with van der Waals surface area (Å²) in [7, 11) is -0.213. The SMILES string of the molecule is C/C=C\C(C)=C(/SC)S(=O)(=O)N(C)C. The molecule has 0 aromatic carbocycles. The van der Waals surface area contributed by atoms with E-state index in [-0.39, 0.29) is 0 Å². The van der Waals surface area contributed by atoms with Gasteiger partial charge in [0, 0.05) is 14.1 Å². The van der Waals surface area contributed by atoms with Gasteiger partial charge in [-0.15, -0.1) is 11.8 Å². The molecule has 0 N–H and O–H groups in total. The molecule has 82 valence electrons. The Hall–Kier alpha value is -0.260. The summed E-state index contributed by atoms with van der Waals surface area (Å²) in [6.07, 6.45) is 5.40. The van der Waals surface area contributed by atoms with Crippen LogP contribution in [0.1, 0.15) is 13.8 Å². The van der Waals surface area contributed by atoms with Crippen molar-refractivity contribution in [1.29, 1.82) is 0 Å². The molecule has 0 atom stereocenters. The average molecular weight is 235 g/mol. The molecule has 0 radical (unpaired) electrons. The highest BCUT2D eigenvalue weighted by atomic mass is 32.3. The highest BCUT2D eigenvalue weighted by Crippen LogP contribution is 2.25. The third-order valence-corrected chi connectivity index (χ3v) is 5.22. The summed E-state index contributed by atoms with van der Waals surface area (Å²) in [4.78, 5) is 0. The van der Waals surface area contributed by atoms with Gasteiger partial charge in [0.25, 0.3) is 0 Å². The Labute approximate surface area is 90.9 Å². The van der Waals surface area contributed by atoms with Gasteiger partial charge in [0.2, 0.25) is 10.0 Å². The molecule has 3 nitrogen and oxygen atoms in total. The van der Waals surface area contributed by atoms with Crippen LogP contribution >= 0.6 is 11.8 Å². The van der Waals surface area contributed by atoms with E-state index in [4.69, 9.17) is 0 Å². The summed E-state index contributed by atoms with van der Waals surface area (Å²) < 4.78 is 25.2. The maximum Gasteiger partial charge on any atom is 0.248 e. The molecule has 0 aromatic rings. The quantitative estimate of drug-likeness (QED) is 0.700. The second kappa shape index (κ2) is 5.58. The van der Waals surface area contributed by atoms with Gasteiger partial charge in [-0.3, -0.25) is 0 Å². The summed E-state index contributed by atoms with van der Waals surface area (Å²) >= 11 is 1.25. The molecule has 0 saturated carbocycles. The lowest BCUT2D eigenvalue weighted by atomic mass is 10.3. The highest BCUT2D eigenvalue weighted by Gasteiger charge is 2.21. The lowest BCUT2D eigenvalue weighted by Gasteiger charge is -2.14. The molecular formula is C9H17NO2S2. The Morgan fingerprint density at radius 1 is 1.36 bits per heavy atom. The second-order valence-corrected chi connectivity index (χ2v) is 6.13. The van der Waals surface area contributed by atoms with Gasteiger partial charge in [-0.25, -0.2) is 12.7 Å². The standard InChI is InChI=1S/C9H17NO2S2/c1-6-7-8(2)9(13-5)14(11,12)10(3)4/h6-7H,1-5H3/b7-6-,9-8+. The molecule has 0 amide bonds. The zero-order valence-electron chi connectivity index (χ0n) is 9.23. The molecule has 0 bridgehead atoms. The van der Waals surface area contributed by atoms with E-state index in [0.29, 0.717) is 4.24 Å². The monoisotopic (exact) mass is 235 g/mol. The summed E-state index contributed by atoms with van der Waals surface area (Å²) in [6, 6.07) is 0. The largest absolute Gasteiger partial charge is 0.248 e. The minimum Gasteiger partial charge on any atom is -0.206 e. The molecule has 0 rings (SSSR count). The summed E-state index contributed by atoms with van der Waals surface area (Å²) in [5, 5.41) is 0. The maximum absolute atomic E-state index is 11.8. The van der Waals surface area contributed by atoms with Gasteiger partial charge >= 0.3 is 0 Å². The van der Waals surface area contributed by atoms with Crippen LogP contribution in [0.4, 0.5) is 0 Å². The molecular weight excluding hydrogens is 218 g/mol. The van der Waals surface area contributed by atoms with Crippen molar-refractivity contribution in [1.82, 2.24) is 4.31 Å². The topological polar surface area (TPSA) is 37.4 Å². The first-order chi connectivity index (χ1) is 6.37. The normalized spacial score (nSPS) is 15.0. The van der Waals surface area contributed by atoms with E-state index in [1.807, 2.05) is 13.0 Å². The van der Waals surface area contributed by atoms with Crippen LogP contribution in [0.25, 0.3) is 0 Å². The number of thioether (sulfide) groups is 1. The lowest BCUT2D eigenvalue weighted by molar-refractivity contribution is 0.530. The lowest BCUT2D eigenvalue weighted by Crippen LogP contribution is -2.23. The molecule has 0 aromatic heterocycles. The van der Waals surface area contributed by atoms with Crippen molar-refractivity contribution < 1.29 is 8.42 Å². The average Bonchev–Trinajstić information content (AvgIpc) is 2.04. The minimum absolute atomic E-state index is 0.403. The number of allylic oxidation sites excluding steroid dienone is 3. The third kappa shape index (κ3) is 3.15. The smallest absolute Gasteiger partial charge is 0.206 e. The molecule has 0 aliphatic heterocycles. The minimum atomic E-state index is -3.29. The fourth-order valence-electron chi connectivity index (χ4n) is 0.954. The molecule has 0 unspecified atom stereocenters. The fourth-order valence-corrected chi connectivity index (χ4v) is 3.44. The van der Waals surface area contributed by atoms with Crippen LogP contribution in [0.15, 0.2) is 22.0 Å². The van der Waals surface area contributed by atoms with Crippen LogP contribution in [0, 0.1) is 0 Å². The number of hydrogen-bond donors (Lipinski definition) is 0. The molecule has 0 aliphatic rings. The number of sulfonamides is 1. The van der Waals surface area contributed by atoms with Gasteiger partial charge in [0.1, 0.15) is 4.24 Å². The number of nitrogens with zero attached hydrogens (tertiary/aromatic N) is 1. The predicted molar refractivity (Wildman–Crippen MR) is 63.6 cm³/mol. The molecule has 0 spiro atoms. The summed E-state index contributed by atoms with van der Waals surface area (Å²) in [5.74, 6) is 0. The van der Waals surface area contributed by atoms with Crippen LogP contribution in [0.3, 0.4) is 0 Å². The Balaban J connectivity index is 5.41. The first kappa shape index (κ1) is 13.7. The van der Waals surface area contributed by atoms with Crippen molar-refractivity contribution >= 4 is 21.8 Å². The molecule has 14 heavy (non-hydrogen) atoms. The van der Waals surface area contributed by atoms with Gasteiger partial charge in [-0.2, -0.15) is 0 Å². The Morgan fingerprint density at radius 3 is 2.14 bits per heavy atom. The Morgan fingerprint density at radius 2 is 1.86 bits per heavy atom. The van der Waals surface area contributed by atoms with Crippen molar-refractivity contribution in [3.05, 3.63) is 22.0 Å². The number of rotatable bonds is 4. The van der Waals surface area contributed by atoms with E-state index >= 15 is 0 Å². The molecule has 0 fully saturated rings. The van der Waals surface area contributed by atoms with Crippen LogP contribution in [-0.2, 0) is 10.0 Å². The second-order valence-electron chi connectivity index (χ2n) is 2.96.